The summed E-state index contributed by atoms with van der Waals surface area (Å²) in [6.07, 6.45) is 8.96. The molecule has 8 nitrogen and oxygen atoms in total. The van der Waals surface area contributed by atoms with Gasteiger partial charge in [-0.2, -0.15) is 4.98 Å². The Balaban J connectivity index is 0.000000167. The summed E-state index contributed by atoms with van der Waals surface area (Å²) in [6, 6.07) is 18.5. The van der Waals surface area contributed by atoms with Gasteiger partial charge in [0.25, 0.3) is 0 Å². The largest absolute Gasteiger partial charge is 0.460 e. The number of hydrogen-bond acceptors (Lipinski definition) is 8. The van der Waals surface area contributed by atoms with E-state index in [1.165, 1.54) is 53.5 Å². The quantitative estimate of drug-likeness (QED) is 0.211. The molecule has 2 aromatic carbocycles. The normalized spacial score (nSPS) is 21.2. The molecule has 4 aromatic rings. The third-order valence-corrected chi connectivity index (χ3v) is 12.8. The fraction of sp³-hybridized carbons (Fsp3) is 0.565. The highest BCUT2D eigenvalue weighted by molar-refractivity contribution is 5.66. The van der Waals surface area contributed by atoms with E-state index >= 15 is 0 Å². The van der Waals surface area contributed by atoms with Gasteiger partial charge in [0.1, 0.15) is 17.7 Å². The number of piperidine rings is 1. The lowest BCUT2D eigenvalue weighted by atomic mass is 9.63. The van der Waals surface area contributed by atoms with Gasteiger partial charge in [-0.1, -0.05) is 79.7 Å². The molecule has 2 fully saturated rings. The molecule has 0 atom stereocenters. The molecule has 8 heteroatoms. The zero-order valence-electron chi connectivity index (χ0n) is 34.4. The van der Waals surface area contributed by atoms with Gasteiger partial charge in [-0.3, -0.25) is 0 Å². The molecular formula is C46H63N7O. The lowest BCUT2D eigenvalue weighted by molar-refractivity contribution is 0.149. The van der Waals surface area contributed by atoms with Gasteiger partial charge in [0, 0.05) is 49.6 Å². The predicted octanol–water partition coefficient (Wildman–Crippen LogP) is 8.83. The first-order valence-electron chi connectivity index (χ1n) is 20.4. The van der Waals surface area contributed by atoms with Crippen molar-refractivity contribution >= 4 is 5.82 Å². The van der Waals surface area contributed by atoms with Gasteiger partial charge >= 0.3 is 6.01 Å². The van der Waals surface area contributed by atoms with E-state index in [0.717, 1.165) is 80.7 Å². The first kappa shape index (κ1) is 38.4. The smallest absolute Gasteiger partial charge is 0.317 e. The van der Waals surface area contributed by atoms with Crippen LogP contribution in [0.2, 0.25) is 0 Å². The zero-order chi connectivity index (χ0) is 38.3. The number of nitrogens with one attached hydrogen (secondary N) is 2. The first-order chi connectivity index (χ1) is 25.6. The van der Waals surface area contributed by atoms with E-state index in [0.29, 0.717) is 6.01 Å². The van der Waals surface area contributed by atoms with Crippen LogP contribution in [-0.2, 0) is 21.7 Å². The number of hydrogen-bond donors (Lipinski definition) is 2. The van der Waals surface area contributed by atoms with Gasteiger partial charge in [0.05, 0.1) is 11.4 Å². The van der Waals surface area contributed by atoms with Crippen LogP contribution in [0.15, 0.2) is 54.7 Å². The van der Waals surface area contributed by atoms with E-state index in [9.17, 15) is 0 Å². The summed E-state index contributed by atoms with van der Waals surface area (Å²) in [5.74, 6) is 1.90. The number of ether oxygens (including phenoxy) is 1. The van der Waals surface area contributed by atoms with E-state index in [-0.39, 0.29) is 27.8 Å². The van der Waals surface area contributed by atoms with Crippen LogP contribution < -0.4 is 20.3 Å². The maximum absolute atomic E-state index is 6.04. The molecule has 2 saturated heterocycles. The minimum Gasteiger partial charge on any atom is -0.460 e. The fourth-order valence-electron chi connectivity index (χ4n) is 8.87. The summed E-state index contributed by atoms with van der Waals surface area (Å²) < 4.78 is 6.04. The lowest BCUT2D eigenvalue weighted by Gasteiger charge is -2.42. The molecule has 0 unspecified atom stereocenters. The van der Waals surface area contributed by atoms with Crippen molar-refractivity contribution in [1.29, 1.82) is 0 Å². The molecule has 0 amide bonds. The topological polar surface area (TPSA) is 88.1 Å². The maximum Gasteiger partial charge on any atom is 0.317 e. The third kappa shape index (κ3) is 8.20. The Hall–Kier alpha value is -3.88. The molecule has 0 saturated carbocycles. The van der Waals surface area contributed by atoms with Gasteiger partial charge in [-0.05, 0) is 121 Å². The van der Waals surface area contributed by atoms with E-state index in [4.69, 9.17) is 19.7 Å². The summed E-state index contributed by atoms with van der Waals surface area (Å²) in [5.41, 5.74) is 11.1. The molecule has 0 bridgehead atoms. The van der Waals surface area contributed by atoms with E-state index in [1.807, 2.05) is 19.2 Å². The van der Waals surface area contributed by atoms with Gasteiger partial charge in [0.2, 0.25) is 0 Å². The summed E-state index contributed by atoms with van der Waals surface area (Å²) in [4.78, 5) is 20.9. The lowest BCUT2D eigenvalue weighted by Crippen LogP contribution is -2.44. The molecule has 8 rings (SSSR count). The second kappa shape index (κ2) is 15.0. The number of aryl methyl sites for hydroxylation is 1. The van der Waals surface area contributed by atoms with Gasteiger partial charge in [-0.25, -0.2) is 15.0 Å². The number of benzene rings is 2. The standard InChI is InChI=1S/C23H32N4.C23H31N3O/c1-16-25-20(15-21(26-16)27-12-10-24-11-13-27)17-6-7-18-19(14-17)23(4,5)9-8-22(18,2)3;1-22(2)10-11-23(3,4)19-15-16(5-6-18(19)22)20-9-14-25-21(26-20)27-17-7-12-24-13-8-17/h6-7,14-15,24H,8-13H2,1-5H3;5-6,9,14-15,17,24H,7-8,10-13H2,1-4H3. The molecule has 288 valence electrons. The Morgan fingerprint density at radius 2 is 1.11 bits per heavy atom. The van der Waals surface area contributed by atoms with Crippen LogP contribution in [0.1, 0.15) is 122 Å². The maximum atomic E-state index is 6.04. The van der Waals surface area contributed by atoms with E-state index in [2.05, 4.69) is 118 Å². The van der Waals surface area contributed by atoms with E-state index in [1.54, 1.807) is 0 Å². The van der Waals surface area contributed by atoms with Crippen molar-refractivity contribution < 1.29 is 4.74 Å². The molecular weight excluding hydrogens is 667 g/mol. The number of nitrogens with zero attached hydrogens (tertiary/aromatic N) is 5. The number of aromatic nitrogens is 4. The van der Waals surface area contributed by atoms with Crippen LogP contribution in [0.25, 0.3) is 22.5 Å². The molecule has 2 N–H and O–H groups in total. The number of anilines is 1. The van der Waals surface area contributed by atoms with Gasteiger partial charge in [0.15, 0.2) is 0 Å². The van der Waals surface area contributed by atoms with Crippen molar-refractivity contribution in [2.75, 3.05) is 44.2 Å². The van der Waals surface area contributed by atoms with Crippen LogP contribution in [0.4, 0.5) is 5.82 Å². The molecule has 2 aliphatic carbocycles. The van der Waals surface area contributed by atoms with Crippen LogP contribution >= 0.6 is 0 Å². The number of rotatable bonds is 5. The van der Waals surface area contributed by atoms with Crippen molar-refractivity contribution in [3.05, 3.63) is 82.8 Å². The monoisotopic (exact) mass is 730 g/mol. The average Bonchev–Trinajstić information content (AvgIpc) is 3.16. The van der Waals surface area contributed by atoms with Crippen molar-refractivity contribution in [2.45, 2.75) is 129 Å². The van der Waals surface area contributed by atoms with Crippen molar-refractivity contribution in [3.8, 4) is 28.5 Å². The minimum absolute atomic E-state index is 0.197. The highest BCUT2D eigenvalue weighted by Crippen LogP contribution is 2.48. The predicted molar refractivity (Wildman–Crippen MR) is 222 cm³/mol. The van der Waals surface area contributed by atoms with Crippen molar-refractivity contribution in [2.24, 2.45) is 0 Å². The molecule has 4 heterocycles. The molecule has 0 spiro atoms. The second-order valence-corrected chi connectivity index (χ2v) is 18.7. The Morgan fingerprint density at radius 1 is 0.593 bits per heavy atom. The first-order valence-corrected chi connectivity index (χ1v) is 20.4. The van der Waals surface area contributed by atoms with Crippen LogP contribution in [-0.4, -0.2) is 65.3 Å². The zero-order valence-corrected chi connectivity index (χ0v) is 34.4. The number of fused-ring (bicyclic) bond motifs is 2. The molecule has 2 aromatic heterocycles. The summed E-state index contributed by atoms with van der Waals surface area (Å²) in [7, 11) is 0. The highest BCUT2D eigenvalue weighted by Gasteiger charge is 2.38. The summed E-state index contributed by atoms with van der Waals surface area (Å²) in [5, 5.41) is 6.77. The number of piperazine rings is 1. The minimum atomic E-state index is 0.197. The van der Waals surface area contributed by atoms with E-state index < -0.39 is 0 Å². The molecule has 4 aliphatic rings. The van der Waals surface area contributed by atoms with Crippen LogP contribution in [0, 0.1) is 6.92 Å². The summed E-state index contributed by atoms with van der Waals surface area (Å²) >= 11 is 0. The van der Waals surface area contributed by atoms with Crippen LogP contribution in [0.5, 0.6) is 6.01 Å². The molecule has 54 heavy (non-hydrogen) atoms. The van der Waals surface area contributed by atoms with Gasteiger partial charge < -0.3 is 20.3 Å². The molecule has 0 radical (unpaired) electrons. The highest BCUT2D eigenvalue weighted by atomic mass is 16.5. The average molecular weight is 730 g/mol. The summed E-state index contributed by atoms with van der Waals surface area (Å²) in [6.45, 7) is 27.0. The third-order valence-electron chi connectivity index (χ3n) is 12.8. The van der Waals surface area contributed by atoms with Crippen molar-refractivity contribution in [3.63, 3.8) is 0 Å². The fourth-order valence-corrected chi connectivity index (χ4v) is 8.87. The Morgan fingerprint density at radius 3 is 1.69 bits per heavy atom. The second-order valence-electron chi connectivity index (χ2n) is 18.7. The van der Waals surface area contributed by atoms with Crippen LogP contribution in [0.3, 0.4) is 0 Å². The molecule has 2 aliphatic heterocycles. The van der Waals surface area contributed by atoms with Crippen molar-refractivity contribution in [1.82, 2.24) is 30.6 Å². The Labute approximate surface area is 324 Å². The van der Waals surface area contributed by atoms with Gasteiger partial charge in [-0.15, -0.1) is 0 Å². The Bertz CT molecular complexity index is 1950. The Kier molecular flexibility index (Phi) is 10.7. The SMILES string of the molecule is CC1(C)CCC(C)(C)c2cc(-c3ccnc(OC4CCNCC4)n3)ccc21.Cc1nc(-c2ccc3c(c2)C(C)(C)CCC3(C)C)cc(N2CCNCC2)n1.